The average Bonchev–Trinajstić information content (AvgIpc) is 2.40. The van der Waals surface area contributed by atoms with Gasteiger partial charge in [0.2, 0.25) is 11.5 Å². The summed E-state index contributed by atoms with van der Waals surface area (Å²) in [7, 11) is 0. The van der Waals surface area contributed by atoms with E-state index >= 15 is 0 Å². The number of rotatable bonds is 3. The zero-order valence-electron chi connectivity index (χ0n) is 10.8. The van der Waals surface area contributed by atoms with Gasteiger partial charge < -0.3 is 25.7 Å². The molecule has 0 aliphatic heterocycles. The summed E-state index contributed by atoms with van der Waals surface area (Å²) in [4.78, 5) is 21.7. The number of amides is 1. The van der Waals surface area contributed by atoms with Crippen LogP contribution in [0.3, 0.4) is 0 Å². The van der Waals surface area contributed by atoms with E-state index < -0.39 is 39.3 Å². The van der Waals surface area contributed by atoms with Crippen LogP contribution in [0.15, 0.2) is 30.3 Å². The lowest BCUT2D eigenvalue weighted by Gasteiger charge is -2.09. The van der Waals surface area contributed by atoms with Gasteiger partial charge in [0.25, 0.3) is 5.91 Å². The van der Waals surface area contributed by atoms with Crippen molar-refractivity contribution in [2.75, 3.05) is 5.32 Å². The maximum absolute atomic E-state index is 12.0. The van der Waals surface area contributed by atoms with Crippen molar-refractivity contribution in [1.29, 1.82) is 0 Å². The van der Waals surface area contributed by atoms with Crippen LogP contribution >= 0.6 is 0 Å². The number of nitro benzene ring substituents is 1. The van der Waals surface area contributed by atoms with Crippen molar-refractivity contribution in [3.63, 3.8) is 0 Å². The number of benzene rings is 2. The van der Waals surface area contributed by atoms with Gasteiger partial charge >= 0.3 is 5.69 Å². The fraction of sp³-hybridized carbons (Fsp3) is 0. The third kappa shape index (κ3) is 2.68. The fourth-order valence-corrected chi connectivity index (χ4v) is 1.77. The number of carbonyl (C=O) groups is 1. The standard InChI is InChI=1S/C13H10N2O7/c16-7-3-1-6(2-4-7)14-13(20)10-8(17)5-9(18)11(12(10)19)15(21)22/h1-5,16-19H,(H,14,20). The van der Waals surface area contributed by atoms with Crippen LogP contribution in [0.1, 0.15) is 10.4 Å². The van der Waals surface area contributed by atoms with Crippen LogP contribution in [0.25, 0.3) is 0 Å². The highest BCUT2D eigenvalue weighted by molar-refractivity contribution is 6.09. The molecule has 114 valence electrons. The molecule has 0 spiro atoms. The van der Waals surface area contributed by atoms with Crippen LogP contribution in [0.4, 0.5) is 11.4 Å². The number of phenolic OH excluding ortho intramolecular Hbond substituents is 4. The van der Waals surface area contributed by atoms with Gasteiger partial charge in [0, 0.05) is 11.8 Å². The fourth-order valence-electron chi connectivity index (χ4n) is 1.77. The molecule has 0 aliphatic rings. The summed E-state index contributed by atoms with van der Waals surface area (Å²) in [6.45, 7) is 0. The largest absolute Gasteiger partial charge is 0.508 e. The molecule has 0 bridgehead atoms. The zero-order chi connectivity index (χ0) is 16.4. The first kappa shape index (κ1) is 14.9. The van der Waals surface area contributed by atoms with Gasteiger partial charge in [-0.3, -0.25) is 14.9 Å². The lowest BCUT2D eigenvalue weighted by atomic mass is 10.1. The van der Waals surface area contributed by atoms with Crippen molar-refractivity contribution in [2.24, 2.45) is 0 Å². The Kier molecular flexibility index (Phi) is 3.71. The Hall–Kier alpha value is -3.49. The monoisotopic (exact) mass is 306 g/mol. The van der Waals surface area contributed by atoms with Crippen molar-refractivity contribution < 1.29 is 30.1 Å². The molecule has 0 unspecified atom stereocenters. The van der Waals surface area contributed by atoms with E-state index in [1.807, 2.05) is 0 Å². The van der Waals surface area contributed by atoms with Crippen molar-refractivity contribution in [3.05, 3.63) is 46.0 Å². The summed E-state index contributed by atoms with van der Waals surface area (Å²) < 4.78 is 0. The number of hydrogen-bond acceptors (Lipinski definition) is 7. The van der Waals surface area contributed by atoms with E-state index in [-0.39, 0.29) is 11.4 Å². The number of carbonyl (C=O) groups excluding carboxylic acids is 1. The Morgan fingerprint density at radius 1 is 1.05 bits per heavy atom. The first-order valence-corrected chi connectivity index (χ1v) is 5.84. The Morgan fingerprint density at radius 2 is 1.64 bits per heavy atom. The van der Waals surface area contributed by atoms with E-state index in [0.717, 1.165) is 0 Å². The summed E-state index contributed by atoms with van der Waals surface area (Å²) in [6, 6.07) is 5.85. The molecule has 9 heteroatoms. The molecule has 0 saturated carbocycles. The number of hydrogen-bond donors (Lipinski definition) is 5. The van der Waals surface area contributed by atoms with Crippen molar-refractivity contribution in [3.8, 4) is 23.0 Å². The molecule has 0 aliphatic carbocycles. The lowest BCUT2D eigenvalue weighted by molar-refractivity contribution is -0.386. The lowest BCUT2D eigenvalue weighted by Crippen LogP contribution is -2.13. The van der Waals surface area contributed by atoms with Crippen molar-refractivity contribution in [1.82, 2.24) is 0 Å². The second-order valence-electron chi connectivity index (χ2n) is 4.25. The molecule has 22 heavy (non-hydrogen) atoms. The van der Waals surface area contributed by atoms with Gasteiger partial charge in [0.15, 0.2) is 0 Å². The number of phenols is 4. The van der Waals surface area contributed by atoms with Gasteiger partial charge in [-0.2, -0.15) is 0 Å². The van der Waals surface area contributed by atoms with Crippen LogP contribution in [0, 0.1) is 10.1 Å². The second-order valence-corrected chi connectivity index (χ2v) is 4.25. The SMILES string of the molecule is O=C(Nc1ccc(O)cc1)c1c(O)cc(O)c([N+](=O)[O-])c1O. The third-order valence-electron chi connectivity index (χ3n) is 2.77. The molecule has 0 fully saturated rings. The van der Waals surface area contributed by atoms with Crippen LogP contribution < -0.4 is 5.32 Å². The topological polar surface area (TPSA) is 153 Å². The minimum Gasteiger partial charge on any atom is -0.508 e. The van der Waals surface area contributed by atoms with Gasteiger partial charge in [-0.1, -0.05) is 0 Å². The number of anilines is 1. The Balaban J connectivity index is 2.43. The van der Waals surface area contributed by atoms with Crippen LogP contribution in [-0.4, -0.2) is 31.3 Å². The molecule has 0 heterocycles. The normalized spacial score (nSPS) is 10.2. The van der Waals surface area contributed by atoms with E-state index in [0.29, 0.717) is 6.07 Å². The van der Waals surface area contributed by atoms with Crippen LogP contribution in [-0.2, 0) is 0 Å². The molecule has 0 saturated heterocycles. The van der Waals surface area contributed by atoms with E-state index in [2.05, 4.69) is 5.32 Å². The van der Waals surface area contributed by atoms with Gasteiger partial charge in [0.1, 0.15) is 17.1 Å². The van der Waals surface area contributed by atoms with E-state index in [1.54, 1.807) is 0 Å². The number of nitrogens with one attached hydrogen (secondary N) is 1. The molecule has 0 aromatic heterocycles. The van der Waals surface area contributed by atoms with Gasteiger partial charge in [-0.25, -0.2) is 0 Å². The molecule has 2 aromatic carbocycles. The molecule has 1 amide bonds. The smallest absolute Gasteiger partial charge is 0.353 e. The molecular weight excluding hydrogens is 296 g/mol. The highest BCUT2D eigenvalue weighted by Crippen LogP contribution is 2.43. The predicted molar refractivity (Wildman–Crippen MR) is 74.2 cm³/mol. The van der Waals surface area contributed by atoms with Gasteiger partial charge in [-0.15, -0.1) is 0 Å². The Morgan fingerprint density at radius 3 is 2.18 bits per heavy atom. The maximum atomic E-state index is 12.0. The van der Waals surface area contributed by atoms with Crippen LogP contribution in [0.2, 0.25) is 0 Å². The highest BCUT2D eigenvalue weighted by atomic mass is 16.6. The van der Waals surface area contributed by atoms with Gasteiger partial charge in [0.05, 0.1) is 4.92 Å². The van der Waals surface area contributed by atoms with E-state index in [1.165, 1.54) is 24.3 Å². The highest BCUT2D eigenvalue weighted by Gasteiger charge is 2.29. The minimum absolute atomic E-state index is 0.0380. The molecule has 2 rings (SSSR count). The molecule has 0 atom stereocenters. The molecular formula is C13H10N2O7. The quantitative estimate of drug-likeness (QED) is 0.328. The minimum atomic E-state index is -1.15. The van der Waals surface area contributed by atoms with Crippen molar-refractivity contribution in [2.45, 2.75) is 0 Å². The third-order valence-corrected chi connectivity index (χ3v) is 2.77. The molecule has 2 aromatic rings. The summed E-state index contributed by atoms with van der Waals surface area (Å²) in [5.74, 6) is -4.01. The zero-order valence-corrected chi connectivity index (χ0v) is 10.8. The Labute approximate surface area is 122 Å². The second kappa shape index (κ2) is 5.48. The average molecular weight is 306 g/mol. The van der Waals surface area contributed by atoms with E-state index in [9.17, 15) is 30.2 Å². The Bertz CT molecular complexity index is 756. The number of nitro groups is 1. The summed E-state index contributed by atoms with van der Waals surface area (Å²) >= 11 is 0. The number of nitrogens with zero attached hydrogens (tertiary/aromatic N) is 1. The van der Waals surface area contributed by atoms with E-state index in [4.69, 9.17) is 5.11 Å². The van der Waals surface area contributed by atoms with Crippen LogP contribution in [0.5, 0.6) is 23.0 Å². The first-order valence-electron chi connectivity index (χ1n) is 5.84. The molecule has 0 radical (unpaired) electrons. The van der Waals surface area contributed by atoms with Crippen molar-refractivity contribution >= 4 is 17.3 Å². The summed E-state index contributed by atoms with van der Waals surface area (Å²) in [5, 5.41) is 50.9. The predicted octanol–water partition coefficient (Wildman–Crippen LogP) is 1.67. The van der Waals surface area contributed by atoms with Gasteiger partial charge in [-0.05, 0) is 24.3 Å². The molecule has 9 nitrogen and oxygen atoms in total. The maximum Gasteiger partial charge on any atom is 0.353 e. The summed E-state index contributed by atoms with van der Waals surface area (Å²) in [6.07, 6.45) is 0. The first-order chi connectivity index (χ1) is 10.3. The number of aromatic hydroxyl groups is 4. The summed E-state index contributed by atoms with van der Waals surface area (Å²) in [5.41, 5.74) is -1.62. The molecule has 5 N–H and O–H groups in total.